The summed E-state index contributed by atoms with van der Waals surface area (Å²) >= 11 is 0. The smallest absolute Gasteiger partial charge is 0.305 e. The maximum absolute atomic E-state index is 12.5. The lowest BCUT2D eigenvalue weighted by Gasteiger charge is -2.19. The number of fused-ring (bicyclic) bond motifs is 3. The fourth-order valence-corrected chi connectivity index (χ4v) is 4.11. The molecule has 2 unspecified atom stereocenters. The number of aliphatic carboxylic acids is 1. The molecular formula is C22H22N2O4. The van der Waals surface area contributed by atoms with Crippen LogP contribution in [0.4, 0.5) is 5.69 Å². The topological polar surface area (TPSA) is 86.7 Å². The second-order valence-corrected chi connectivity index (χ2v) is 7.59. The zero-order chi connectivity index (χ0) is 19.8. The molecule has 1 heterocycles. The lowest BCUT2D eigenvalue weighted by Crippen LogP contribution is -2.39. The summed E-state index contributed by atoms with van der Waals surface area (Å²) in [7, 11) is 0. The van der Waals surface area contributed by atoms with Crippen LogP contribution in [0, 0.1) is 5.92 Å². The van der Waals surface area contributed by atoms with Crippen molar-refractivity contribution in [1.29, 1.82) is 0 Å². The first kappa shape index (κ1) is 18.2. The van der Waals surface area contributed by atoms with Crippen molar-refractivity contribution in [2.45, 2.75) is 32.2 Å². The number of rotatable bonds is 5. The summed E-state index contributed by atoms with van der Waals surface area (Å²) in [6, 6.07) is 13.9. The molecule has 0 radical (unpaired) electrons. The average Bonchev–Trinajstić information content (AvgIpc) is 3.20. The third-order valence-corrected chi connectivity index (χ3v) is 5.45. The molecule has 144 valence electrons. The Bertz CT molecular complexity index is 969. The molecule has 0 aromatic heterocycles. The Labute approximate surface area is 163 Å². The zero-order valence-corrected chi connectivity index (χ0v) is 15.6. The summed E-state index contributed by atoms with van der Waals surface area (Å²) < 4.78 is 0. The van der Waals surface area contributed by atoms with E-state index in [-0.39, 0.29) is 24.7 Å². The van der Waals surface area contributed by atoms with Crippen molar-refractivity contribution in [3.8, 4) is 11.1 Å². The van der Waals surface area contributed by atoms with Crippen molar-refractivity contribution in [3.63, 3.8) is 0 Å². The highest BCUT2D eigenvalue weighted by Crippen LogP contribution is 2.39. The Morgan fingerprint density at radius 3 is 2.71 bits per heavy atom. The van der Waals surface area contributed by atoms with Crippen LogP contribution in [0.15, 0.2) is 42.5 Å². The molecule has 1 fully saturated rings. The van der Waals surface area contributed by atoms with Crippen LogP contribution in [0.3, 0.4) is 0 Å². The summed E-state index contributed by atoms with van der Waals surface area (Å²) in [4.78, 5) is 37.4. The molecule has 0 bridgehead atoms. The molecule has 2 amide bonds. The van der Waals surface area contributed by atoms with Gasteiger partial charge in [0, 0.05) is 24.7 Å². The third kappa shape index (κ3) is 3.38. The number of carboxylic acid groups (broad SMARTS) is 1. The fourth-order valence-electron chi connectivity index (χ4n) is 4.11. The number of amides is 2. The molecule has 1 saturated heterocycles. The van der Waals surface area contributed by atoms with Gasteiger partial charge in [0.1, 0.15) is 0 Å². The molecule has 6 nitrogen and oxygen atoms in total. The summed E-state index contributed by atoms with van der Waals surface area (Å²) in [5.41, 5.74) is 5.72. The van der Waals surface area contributed by atoms with Gasteiger partial charge >= 0.3 is 5.97 Å². The SMILES string of the molecule is CC(CC(=O)O)NC(=O)C1CC(=O)N(c2ccc3c(c2)Cc2ccccc2-3)C1. The van der Waals surface area contributed by atoms with Gasteiger partial charge in [0.25, 0.3) is 0 Å². The van der Waals surface area contributed by atoms with Crippen molar-refractivity contribution >= 4 is 23.5 Å². The van der Waals surface area contributed by atoms with E-state index in [1.807, 2.05) is 30.3 Å². The first-order chi connectivity index (χ1) is 13.4. The fraction of sp³-hybridized carbons (Fsp3) is 0.318. The maximum Gasteiger partial charge on any atom is 0.305 e. The van der Waals surface area contributed by atoms with Crippen LogP contribution < -0.4 is 10.2 Å². The standard InChI is InChI=1S/C22H22N2O4/c1-13(8-21(26)27)23-22(28)16-11-20(25)24(12-16)17-6-7-19-15(10-17)9-14-4-2-3-5-18(14)19/h2-7,10,13,16H,8-9,11-12H2,1H3,(H,23,28)(H,26,27). The van der Waals surface area contributed by atoms with Gasteiger partial charge < -0.3 is 15.3 Å². The molecule has 0 spiro atoms. The van der Waals surface area contributed by atoms with Crippen LogP contribution in [0.25, 0.3) is 11.1 Å². The van der Waals surface area contributed by atoms with Gasteiger partial charge in [-0.2, -0.15) is 0 Å². The van der Waals surface area contributed by atoms with Gasteiger partial charge in [-0.05, 0) is 47.7 Å². The minimum absolute atomic E-state index is 0.0819. The first-order valence-corrected chi connectivity index (χ1v) is 9.46. The molecule has 2 aromatic rings. The van der Waals surface area contributed by atoms with E-state index < -0.39 is 17.9 Å². The molecule has 28 heavy (non-hydrogen) atoms. The predicted molar refractivity (Wildman–Crippen MR) is 105 cm³/mol. The summed E-state index contributed by atoms with van der Waals surface area (Å²) in [5, 5.41) is 11.5. The summed E-state index contributed by atoms with van der Waals surface area (Å²) in [5.74, 6) is -1.77. The van der Waals surface area contributed by atoms with Crippen LogP contribution in [-0.2, 0) is 20.8 Å². The van der Waals surface area contributed by atoms with E-state index in [4.69, 9.17) is 5.11 Å². The molecule has 1 aliphatic heterocycles. The van der Waals surface area contributed by atoms with E-state index in [0.717, 1.165) is 12.1 Å². The van der Waals surface area contributed by atoms with Crippen molar-refractivity contribution < 1.29 is 19.5 Å². The van der Waals surface area contributed by atoms with Crippen LogP contribution in [0.5, 0.6) is 0 Å². The van der Waals surface area contributed by atoms with Gasteiger partial charge in [0.05, 0.1) is 12.3 Å². The lowest BCUT2D eigenvalue weighted by atomic mass is 10.1. The Kier molecular flexibility index (Phi) is 4.63. The van der Waals surface area contributed by atoms with Crippen LogP contribution in [0.1, 0.15) is 30.9 Å². The lowest BCUT2D eigenvalue weighted by molar-refractivity contribution is -0.137. The van der Waals surface area contributed by atoms with Crippen molar-refractivity contribution in [2.24, 2.45) is 5.92 Å². The van der Waals surface area contributed by atoms with Crippen molar-refractivity contribution in [1.82, 2.24) is 5.32 Å². The highest BCUT2D eigenvalue weighted by molar-refractivity contribution is 6.00. The summed E-state index contributed by atoms with van der Waals surface area (Å²) in [6.07, 6.45) is 0.850. The molecule has 0 saturated carbocycles. The monoisotopic (exact) mass is 378 g/mol. The second-order valence-electron chi connectivity index (χ2n) is 7.59. The molecule has 2 atom stereocenters. The normalized spacial score (nSPS) is 18.5. The minimum atomic E-state index is -0.962. The highest BCUT2D eigenvalue weighted by atomic mass is 16.4. The first-order valence-electron chi connectivity index (χ1n) is 9.46. The summed E-state index contributed by atoms with van der Waals surface area (Å²) in [6.45, 7) is 1.97. The third-order valence-electron chi connectivity index (χ3n) is 5.45. The maximum atomic E-state index is 12.5. The molecule has 1 aliphatic carbocycles. The van der Waals surface area contributed by atoms with Crippen molar-refractivity contribution in [2.75, 3.05) is 11.4 Å². The Balaban J connectivity index is 1.47. The molecule has 2 N–H and O–H groups in total. The van der Waals surface area contributed by atoms with E-state index >= 15 is 0 Å². The van der Waals surface area contributed by atoms with E-state index in [9.17, 15) is 14.4 Å². The average molecular weight is 378 g/mol. The quantitative estimate of drug-likeness (QED) is 0.714. The number of anilines is 1. The van der Waals surface area contributed by atoms with Gasteiger partial charge in [-0.25, -0.2) is 0 Å². The van der Waals surface area contributed by atoms with Gasteiger partial charge in [-0.1, -0.05) is 30.3 Å². The molecule has 4 rings (SSSR count). The van der Waals surface area contributed by atoms with E-state index in [0.29, 0.717) is 6.54 Å². The predicted octanol–water partition coefficient (Wildman–Crippen LogP) is 2.59. The Hall–Kier alpha value is -3.15. The minimum Gasteiger partial charge on any atom is -0.481 e. The Morgan fingerprint density at radius 1 is 1.18 bits per heavy atom. The number of nitrogens with zero attached hydrogens (tertiary/aromatic N) is 1. The van der Waals surface area contributed by atoms with Gasteiger partial charge in [-0.3, -0.25) is 14.4 Å². The van der Waals surface area contributed by atoms with Crippen LogP contribution >= 0.6 is 0 Å². The van der Waals surface area contributed by atoms with Gasteiger partial charge in [0.15, 0.2) is 0 Å². The molecule has 2 aliphatic rings. The zero-order valence-electron chi connectivity index (χ0n) is 15.6. The van der Waals surface area contributed by atoms with Gasteiger partial charge in [0.2, 0.25) is 11.8 Å². The van der Waals surface area contributed by atoms with E-state index in [1.165, 1.54) is 22.3 Å². The molecule has 2 aromatic carbocycles. The highest BCUT2D eigenvalue weighted by Gasteiger charge is 2.36. The number of carbonyl (C=O) groups is 3. The largest absolute Gasteiger partial charge is 0.481 e. The van der Waals surface area contributed by atoms with Crippen molar-refractivity contribution in [3.05, 3.63) is 53.6 Å². The van der Waals surface area contributed by atoms with Crippen LogP contribution in [0.2, 0.25) is 0 Å². The number of carbonyl (C=O) groups excluding carboxylic acids is 2. The molecular weight excluding hydrogens is 356 g/mol. The second kappa shape index (κ2) is 7.11. The number of hydrogen-bond acceptors (Lipinski definition) is 3. The van der Waals surface area contributed by atoms with Crippen LogP contribution in [-0.4, -0.2) is 35.5 Å². The van der Waals surface area contributed by atoms with Gasteiger partial charge in [-0.15, -0.1) is 0 Å². The Morgan fingerprint density at radius 2 is 1.93 bits per heavy atom. The molecule has 6 heteroatoms. The number of benzene rings is 2. The van der Waals surface area contributed by atoms with E-state index in [2.05, 4.69) is 17.4 Å². The number of nitrogens with one attached hydrogen (secondary N) is 1. The number of hydrogen-bond donors (Lipinski definition) is 2. The number of carboxylic acids is 1. The van der Waals surface area contributed by atoms with E-state index in [1.54, 1.807) is 11.8 Å².